The quantitative estimate of drug-likeness (QED) is 0.907. The molecule has 0 fully saturated rings. The Morgan fingerprint density at radius 2 is 2.29 bits per heavy atom. The maximum atomic E-state index is 13.3. The van der Waals surface area contributed by atoms with Crippen LogP contribution in [0.1, 0.15) is 5.56 Å². The van der Waals surface area contributed by atoms with Crippen molar-refractivity contribution in [2.75, 3.05) is 5.75 Å². The van der Waals surface area contributed by atoms with Crippen molar-refractivity contribution in [3.63, 3.8) is 0 Å². The number of carboxylic acids is 1. The third-order valence-electron chi connectivity index (χ3n) is 2.23. The van der Waals surface area contributed by atoms with Crippen LogP contribution in [0.2, 0.25) is 0 Å². The predicted molar refractivity (Wildman–Crippen MR) is 65.5 cm³/mol. The number of hydrogen-bond donors (Lipinski definition) is 1. The van der Waals surface area contributed by atoms with Gasteiger partial charge in [-0.15, -0.1) is 11.8 Å². The van der Waals surface area contributed by atoms with Crippen molar-refractivity contribution >= 4 is 28.6 Å². The zero-order valence-electron chi connectivity index (χ0n) is 8.89. The number of aliphatic carboxylic acids is 1. The van der Waals surface area contributed by atoms with Gasteiger partial charge in [0.2, 0.25) is 0 Å². The van der Waals surface area contributed by atoms with Crippen LogP contribution in [0.5, 0.6) is 0 Å². The first-order chi connectivity index (χ1) is 8.16. The molecule has 88 valence electrons. The van der Waals surface area contributed by atoms with Crippen molar-refractivity contribution in [3.05, 3.63) is 41.8 Å². The summed E-state index contributed by atoms with van der Waals surface area (Å²) in [4.78, 5) is 14.6. The first kappa shape index (κ1) is 11.9. The topological polar surface area (TPSA) is 50.2 Å². The number of thioether (sulfide) groups is 1. The third kappa shape index (κ3) is 2.94. The molecule has 5 heteroatoms. The molecule has 17 heavy (non-hydrogen) atoms. The highest BCUT2D eigenvalue weighted by Gasteiger charge is 2.06. The van der Waals surface area contributed by atoms with E-state index in [9.17, 15) is 9.18 Å². The van der Waals surface area contributed by atoms with E-state index in [1.54, 1.807) is 18.3 Å². The van der Waals surface area contributed by atoms with Crippen molar-refractivity contribution in [2.24, 2.45) is 0 Å². The van der Waals surface area contributed by atoms with Crippen molar-refractivity contribution in [1.29, 1.82) is 0 Å². The Kier molecular flexibility index (Phi) is 3.58. The van der Waals surface area contributed by atoms with Crippen LogP contribution < -0.4 is 0 Å². The lowest BCUT2D eigenvalue weighted by molar-refractivity contribution is -0.133. The highest BCUT2D eigenvalue weighted by atomic mass is 32.2. The Hall–Kier alpha value is -1.62. The SMILES string of the molecule is O=C(O)CSCc1cc(F)cc2cccnc12. The standard InChI is InChI=1S/C12H10FNO2S/c13-10-4-8-2-1-3-14-12(8)9(5-10)6-17-7-11(15)16/h1-5H,6-7H2,(H,15,16). The molecule has 0 saturated heterocycles. The van der Waals surface area contributed by atoms with Gasteiger partial charge < -0.3 is 5.11 Å². The van der Waals surface area contributed by atoms with E-state index in [4.69, 9.17) is 5.11 Å². The van der Waals surface area contributed by atoms with Crippen LogP contribution in [0.15, 0.2) is 30.5 Å². The molecule has 0 unspecified atom stereocenters. The van der Waals surface area contributed by atoms with Crippen LogP contribution in [0, 0.1) is 5.82 Å². The van der Waals surface area contributed by atoms with E-state index in [1.807, 2.05) is 0 Å². The van der Waals surface area contributed by atoms with Gasteiger partial charge in [0.1, 0.15) is 5.82 Å². The predicted octanol–water partition coefficient (Wildman–Crippen LogP) is 2.69. The average molecular weight is 251 g/mol. The zero-order valence-corrected chi connectivity index (χ0v) is 9.71. The largest absolute Gasteiger partial charge is 0.481 e. The van der Waals surface area contributed by atoms with Crippen LogP contribution in [0.25, 0.3) is 10.9 Å². The lowest BCUT2D eigenvalue weighted by Gasteiger charge is -2.05. The molecular formula is C12H10FNO2S. The van der Waals surface area contributed by atoms with Gasteiger partial charge in [0.05, 0.1) is 11.3 Å². The minimum absolute atomic E-state index is 0.00480. The van der Waals surface area contributed by atoms with Gasteiger partial charge in [0.25, 0.3) is 0 Å². The fourth-order valence-electron chi connectivity index (χ4n) is 1.59. The third-order valence-corrected chi connectivity index (χ3v) is 3.20. The molecule has 2 aromatic rings. The number of nitrogens with zero attached hydrogens (tertiary/aromatic N) is 1. The van der Waals surface area contributed by atoms with E-state index in [1.165, 1.54) is 23.9 Å². The molecule has 0 amide bonds. The minimum atomic E-state index is -0.872. The Labute approximate surface area is 102 Å². The van der Waals surface area contributed by atoms with E-state index in [0.717, 1.165) is 16.5 Å². The molecule has 1 aromatic carbocycles. The Morgan fingerprint density at radius 1 is 1.47 bits per heavy atom. The molecule has 0 bridgehead atoms. The smallest absolute Gasteiger partial charge is 0.313 e. The molecule has 2 rings (SSSR count). The fraction of sp³-hybridized carbons (Fsp3) is 0.167. The maximum absolute atomic E-state index is 13.3. The second-order valence-electron chi connectivity index (χ2n) is 3.53. The Balaban J connectivity index is 2.29. The molecule has 0 aliphatic heterocycles. The van der Waals surface area contributed by atoms with Gasteiger partial charge in [-0.25, -0.2) is 4.39 Å². The molecule has 0 aliphatic rings. The molecule has 0 saturated carbocycles. The normalized spacial score (nSPS) is 10.6. The van der Waals surface area contributed by atoms with Crippen molar-refractivity contribution in [2.45, 2.75) is 5.75 Å². The molecule has 1 N–H and O–H groups in total. The van der Waals surface area contributed by atoms with Crippen molar-refractivity contribution in [1.82, 2.24) is 4.98 Å². The van der Waals surface area contributed by atoms with Gasteiger partial charge >= 0.3 is 5.97 Å². The number of hydrogen-bond acceptors (Lipinski definition) is 3. The van der Waals surface area contributed by atoms with E-state index in [0.29, 0.717) is 5.75 Å². The van der Waals surface area contributed by atoms with Gasteiger partial charge in [-0.2, -0.15) is 0 Å². The van der Waals surface area contributed by atoms with Crippen LogP contribution in [0.3, 0.4) is 0 Å². The Bertz CT molecular complexity index is 559. The van der Waals surface area contributed by atoms with Crippen molar-refractivity contribution in [3.8, 4) is 0 Å². The monoisotopic (exact) mass is 251 g/mol. The number of halogens is 1. The lowest BCUT2D eigenvalue weighted by Crippen LogP contribution is -1.99. The van der Waals surface area contributed by atoms with Crippen LogP contribution >= 0.6 is 11.8 Å². The summed E-state index contributed by atoms with van der Waals surface area (Å²) in [5.41, 5.74) is 1.46. The molecule has 0 aliphatic carbocycles. The summed E-state index contributed by atoms with van der Waals surface area (Å²) in [5.74, 6) is -0.748. The highest BCUT2D eigenvalue weighted by Crippen LogP contribution is 2.22. The number of benzene rings is 1. The number of aromatic nitrogens is 1. The van der Waals surface area contributed by atoms with E-state index in [-0.39, 0.29) is 11.6 Å². The summed E-state index contributed by atoms with van der Waals surface area (Å²) in [6.07, 6.45) is 1.64. The van der Waals surface area contributed by atoms with Gasteiger partial charge in [0.15, 0.2) is 0 Å². The molecule has 0 spiro atoms. The number of pyridine rings is 1. The van der Waals surface area contributed by atoms with Gasteiger partial charge in [-0.1, -0.05) is 6.07 Å². The zero-order chi connectivity index (χ0) is 12.3. The van der Waals surface area contributed by atoms with E-state index >= 15 is 0 Å². The van der Waals surface area contributed by atoms with Crippen LogP contribution in [0.4, 0.5) is 4.39 Å². The first-order valence-corrected chi connectivity index (χ1v) is 6.15. The number of carboxylic acid groups (broad SMARTS) is 1. The Morgan fingerprint density at radius 3 is 3.06 bits per heavy atom. The summed E-state index contributed by atoms with van der Waals surface area (Å²) in [6.45, 7) is 0. The maximum Gasteiger partial charge on any atom is 0.313 e. The number of rotatable bonds is 4. The number of carbonyl (C=O) groups is 1. The summed E-state index contributed by atoms with van der Waals surface area (Å²) < 4.78 is 13.3. The molecule has 1 aromatic heterocycles. The van der Waals surface area contributed by atoms with Gasteiger partial charge in [-0.3, -0.25) is 9.78 Å². The minimum Gasteiger partial charge on any atom is -0.481 e. The van der Waals surface area contributed by atoms with Gasteiger partial charge in [-0.05, 0) is 23.8 Å². The second kappa shape index (κ2) is 5.14. The fourth-order valence-corrected chi connectivity index (χ4v) is 2.30. The van der Waals surface area contributed by atoms with E-state index < -0.39 is 5.97 Å². The first-order valence-electron chi connectivity index (χ1n) is 4.99. The second-order valence-corrected chi connectivity index (χ2v) is 4.51. The summed E-state index contributed by atoms with van der Waals surface area (Å²) in [7, 11) is 0. The molecule has 0 radical (unpaired) electrons. The molecule has 0 atom stereocenters. The molecule has 3 nitrogen and oxygen atoms in total. The van der Waals surface area contributed by atoms with Crippen molar-refractivity contribution < 1.29 is 14.3 Å². The van der Waals surface area contributed by atoms with Crippen LogP contribution in [-0.2, 0) is 10.5 Å². The lowest BCUT2D eigenvalue weighted by atomic mass is 10.1. The van der Waals surface area contributed by atoms with Gasteiger partial charge in [0, 0.05) is 17.3 Å². The highest BCUT2D eigenvalue weighted by molar-refractivity contribution is 7.99. The summed E-state index contributed by atoms with van der Waals surface area (Å²) in [6, 6.07) is 6.37. The molecule has 1 heterocycles. The van der Waals surface area contributed by atoms with Crippen LogP contribution in [-0.4, -0.2) is 21.8 Å². The van der Waals surface area contributed by atoms with E-state index in [2.05, 4.69) is 4.98 Å². The number of fused-ring (bicyclic) bond motifs is 1. The summed E-state index contributed by atoms with van der Waals surface area (Å²) >= 11 is 1.23. The summed E-state index contributed by atoms with van der Waals surface area (Å²) in [5, 5.41) is 9.28. The average Bonchev–Trinajstić information content (AvgIpc) is 2.28. The molecular weight excluding hydrogens is 241 g/mol.